The second kappa shape index (κ2) is 4.05. The lowest BCUT2D eigenvalue weighted by Gasteiger charge is -2.00. The Bertz CT molecular complexity index is 517. The molecule has 0 amide bonds. The van der Waals surface area contributed by atoms with Gasteiger partial charge in [-0.25, -0.2) is 0 Å². The van der Waals surface area contributed by atoms with Crippen LogP contribution in [0.3, 0.4) is 0 Å². The highest BCUT2D eigenvalue weighted by Crippen LogP contribution is 2.12. The Hall–Kier alpha value is -1.96. The summed E-state index contributed by atoms with van der Waals surface area (Å²) in [6.07, 6.45) is 1.66. The summed E-state index contributed by atoms with van der Waals surface area (Å²) in [6.45, 7) is 3.44. The molecule has 2 nitrogen and oxygen atoms in total. The fourth-order valence-electron chi connectivity index (χ4n) is 1.46. The molecule has 1 heterocycles. The molecular formula is C13H11NO. The van der Waals surface area contributed by atoms with E-state index in [0.29, 0.717) is 6.42 Å². The van der Waals surface area contributed by atoms with Crippen molar-refractivity contribution >= 4 is 16.7 Å². The van der Waals surface area contributed by atoms with Gasteiger partial charge in [-0.2, -0.15) is 0 Å². The molecule has 0 fully saturated rings. The van der Waals surface area contributed by atoms with Gasteiger partial charge in [-0.15, -0.1) is 0 Å². The topological polar surface area (TPSA) is 30.0 Å². The molecule has 0 unspecified atom stereocenters. The molecule has 0 aliphatic carbocycles. The Morgan fingerprint density at radius 1 is 1.27 bits per heavy atom. The number of fused-ring (bicyclic) bond motifs is 1. The van der Waals surface area contributed by atoms with Crippen LogP contribution < -0.4 is 0 Å². The van der Waals surface area contributed by atoms with Crippen LogP contribution in [0.1, 0.15) is 5.69 Å². The van der Waals surface area contributed by atoms with E-state index in [9.17, 15) is 4.79 Å². The lowest BCUT2D eigenvalue weighted by Crippen LogP contribution is -2.00. The molecule has 2 aromatic rings. The monoisotopic (exact) mass is 197 g/mol. The molecular weight excluding hydrogens is 186 g/mol. The van der Waals surface area contributed by atoms with E-state index in [1.807, 2.05) is 36.4 Å². The standard InChI is InChI=1S/C13H11NO/c1-2-12(15)9-11-8-7-10-5-3-4-6-13(10)14-11/h2-8H,1,9H2. The molecule has 0 bridgehead atoms. The molecule has 0 N–H and O–H groups in total. The molecule has 15 heavy (non-hydrogen) atoms. The smallest absolute Gasteiger partial charge is 0.161 e. The third-order valence-corrected chi connectivity index (χ3v) is 2.24. The minimum absolute atomic E-state index is 0.00205. The summed E-state index contributed by atoms with van der Waals surface area (Å²) in [5.74, 6) is -0.00205. The number of benzene rings is 1. The van der Waals surface area contributed by atoms with Crippen molar-refractivity contribution in [2.75, 3.05) is 0 Å². The van der Waals surface area contributed by atoms with Crippen LogP contribution in [0.15, 0.2) is 49.1 Å². The van der Waals surface area contributed by atoms with Crippen molar-refractivity contribution in [2.45, 2.75) is 6.42 Å². The highest BCUT2D eigenvalue weighted by Gasteiger charge is 2.01. The number of para-hydroxylation sites is 1. The molecule has 0 spiro atoms. The van der Waals surface area contributed by atoms with Crippen molar-refractivity contribution in [2.24, 2.45) is 0 Å². The van der Waals surface area contributed by atoms with Crippen molar-refractivity contribution in [1.82, 2.24) is 4.98 Å². The van der Waals surface area contributed by atoms with Crippen molar-refractivity contribution in [3.05, 3.63) is 54.7 Å². The predicted molar refractivity (Wildman–Crippen MR) is 60.7 cm³/mol. The Balaban J connectivity index is 2.38. The molecule has 0 aliphatic rings. The highest BCUT2D eigenvalue weighted by molar-refractivity contribution is 5.91. The Morgan fingerprint density at radius 3 is 2.87 bits per heavy atom. The number of rotatable bonds is 3. The SMILES string of the molecule is C=CC(=O)Cc1ccc2ccccc2n1. The zero-order valence-electron chi connectivity index (χ0n) is 8.31. The fourth-order valence-corrected chi connectivity index (χ4v) is 1.46. The van der Waals surface area contributed by atoms with Crippen LogP contribution in [0.2, 0.25) is 0 Å². The molecule has 0 aliphatic heterocycles. The van der Waals surface area contributed by atoms with Crippen molar-refractivity contribution in [1.29, 1.82) is 0 Å². The first-order valence-corrected chi connectivity index (χ1v) is 4.79. The molecule has 0 saturated heterocycles. The van der Waals surface area contributed by atoms with Gasteiger partial charge in [0.05, 0.1) is 11.9 Å². The van der Waals surface area contributed by atoms with Gasteiger partial charge in [0.1, 0.15) is 0 Å². The Labute approximate surface area is 88.3 Å². The fraction of sp³-hybridized carbons (Fsp3) is 0.0769. The summed E-state index contributed by atoms with van der Waals surface area (Å²) in [5.41, 5.74) is 1.71. The second-order valence-corrected chi connectivity index (χ2v) is 3.34. The van der Waals surface area contributed by atoms with E-state index in [1.54, 1.807) is 0 Å². The van der Waals surface area contributed by atoms with E-state index in [-0.39, 0.29) is 5.78 Å². The number of hydrogen-bond donors (Lipinski definition) is 0. The first-order chi connectivity index (χ1) is 7.29. The molecule has 0 saturated carbocycles. The largest absolute Gasteiger partial charge is 0.294 e. The summed E-state index contributed by atoms with van der Waals surface area (Å²) in [5, 5.41) is 1.09. The van der Waals surface area contributed by atoms with E-state index < -0.39 is 0 Å². The first kappa shape index (κ1) is 9.59. The van der Waals surface area contributed by atoms with Crippen LogP contribution in [0, 0.1) is 0 Å². The molecule has 74 valence electrons. The van der Waals surface area contributed by atoms with Gasteiger partial charge in [-0.3, -0.25) is 9.78 Å². The minimum atomic E-state index is -0.00205. The van der Waals surface area contributed by atoms with Crippen LogP contribution in [0.4, 0.5) is 0 Å². The number of hydrogen-bond acceptors (Lipinski definition) is 2. The molecule has 0 atom stereocenters. The lowest BCUT2D eigenvalue weighted by atomic mass is 10.1. The third kappa shape index (κ3) is 2.10. The van der Waals surface area contributed by atoms with Crippen LogP contribution in [-0.4, -0.2) is 10.8 Å². The van der Waals surface area contributed by atoms with Crippen molar-refractivity contribution < 1.29 is 4.79 Å². The van der Waals surface area contributed by atoms with Crippen molar-refractivity contribution in [3.63, 3.8) is 0 Å². The molecule has 2 rings (SSSR count). The average Bonchev–Trinajstić information content (AvgIpc) is 2.29. The predicted octanol–water partition coefficient (Wildman–Crippen LogP) is 2.53. The minimum Gasteiger partial charge on any atom is -0.294 e. The summed E-state index contributed by atoms with van der Waals surface area (Å²) < 4.78 is 0. The van der Waals surface area contributed by atoms with Gasteiger partial charge in [-0.05, 0) is 18.2 Å². The Kier molecular flexibility index (Phi) is 2.59. The van der Waals surface area contributed by atoms with Crippen LogP contribution in [0.5, 0.6) is 0 Å². The maximum Gasteiger partial charge on any atom is 0.161 e. The van der Waals surface area contributed by atoms with Gasteiger partial charge in [0.2, 0.25) is 0 Å². The number of pyridine rings is 1. The maximum atomic E-state index is 11.2. The highest BCUT2D eigenvalue weighted by atomic mass is 16.1. The van der Waals surface area contributed by atoms with E-state index >= 15 is 0 Å². The molecule has 1 aromatic heterocycles. The summed E-state index contributed by atoms with van der Waals surface area (Å²) >= 11 is 0. The second-order valence-electron chi connectivity index (χ2n) is 3.34. The number of nitrogens with zero attached hydrogens (tertiary/aromatic N) is 1. The molecule has 0 radical (unpaired) electrons. The first-order valence-electron chi connectivity index (χ1n) is 4.79. The quantitative estimate of drug-likeness (QED) is 0.708. The molecule has 1 aromatic carbocycles. The van der Waals surface area contributed by atoms with Gasteiger partial charge >= 0.3 is 0 Å². The number of carbonyl (C=O) groups is 1. The number of allylic oxidation sites excluding steroid dienone is 1. The zero-order valence-corrected chi connectivity index (χ0v) is 8.31. The normalized spacial score (nSPS) is 10.1. The summed E-state index contributed by atoms with van der Waals surface area (Å²) in [7, 11) is 0. The molecule has 2 heteroatoms. The van der Waals surface area contributed by atoms with E-state index in [2.05, 4.69) is 11.6 Å². The van der Waals surface area contributed by atoms with Gasteiger partial charge in [0.15, 0.2) is 5.78 Å². The summed E-state index contributed by atoms with van der Waals surface area (Å²) in [4.78, 5) is 15.6. The van der Waals surface area contributed by atoms with Gasteiger partial charge in [-0.1, -0.05) is 30.8 Å². The number of carbonyl (C=O) groups excluding carboxylic acids is 1. The van der Waals surface area contributed by atoms with Crippen molar-refractivity contribution in [3.8, 4) is 0 Å². The van der Waals surface area contributed by atoms with E-state index in [0.717, 1.165) is 16.6 Å². The van der Waals surface area contributed by atoms with Gasteiger partial charge in [0, 0.05) is 11.1 Å². The van der Waals surface area contributed by atoms with Crippen LogP contribution in [-0.2, 0) is 11.2 Å². The lowest BCUT2D eigenvalue weighted by molar-refractivity contribution is -0.114. The van der Waals surface area contributed by atoms with Crippen LogP contribution >= 0.6 is 0 Å². The van der Waals surface area contributed by atoms with E-state index in [4.69, 9.17) is 0 Å². The summed E-state index contributed by atoms with van der Waals surface area (Å²) in [6, 6.07) is 11.7. The zero-order chi connectivity index (χ0) is 10.7. The van der Waals surface area contributed by atoms with Gasteiger partial charge in [0.25, 0.3) is 0 Å². The number of ketones is 1. The number of aromatic nitrogens is 1. The Morgan fingerprint density at radius 2 is 2.07 bits per heavy atom. The maximum absolute atomic E-state index is 11.2. The van der Waals surface area contributed by atoms with Gasteiger partial charge < -0.3 is 0 Å². The average molecular weight is 197 g/mol. The third-order valence-electron chi connectivity index (χ3n) is 2.24. The van der Waals surface area contributed by atoms with Crippen LogP contribution in [0.25, 0.3) is 10.9 Å². The van der Waals surface area contributed by atoms with E-state index in [1.165, 1.54) is 6.08 Å².